The van der Waals surface area contributed by atoms with Crippen LogP contribution in [0.4, 0.5) is 5.13 Å². The van der Waals surface area contributed by atoms with Gasteiger partial charge in [-0.15, -0.1) is 0 Å². The predicted octanol–water partition coefficient (Wildman–Crippen LogP) is 2.89. The molecule has 4 heteroatoms. The zero-order valence-corrected chi connectivity index (χ0v) is 9.80. The number of fused-ring (bicyclic) bond motifs is 1. The van der Waals surface area contributed by atoms with Crippen LogP contribution < -0.4 is 5.32 Å². The van der Waals surface area contributed by atoms with Crippen LogP contribution >= 0.6 is 11.3 Å². The highest BCUT2D eigenvalue weighted by Gasteiger charge is 2.14. The van der Waals surface area contributed by atoms with E-state index < -0.39 is 0 Å². The van der Waals surface area contributed by atoms with Crippen LogP contribution in [0.25, 0.3) is 10.2 Å². The Labute approximate surface area is 98.5 Å². The van der Waals surface area contributed by atoms with Crippen molar-refractivity contribution >= 4 is 26.7 Å². The molecule has 0 saturated carbocycles. The quantitative estimate of drug-likeness (QED) is 0.867. The maximum absolute atomic E-state index is 5.34. The van der Waals surface area contributed by atoms with E-state index in [4.69, 9.17) is 4.74 Å². The van der Waals surface area contributed by atoms with Gasteiger partial charge in [-0.3, -0.25) is 0 Å². The molecule has 1 fully saturated rings. The van der Waals surface area contributed by atoms with Gasteiger partial charge in [0.15, 0.2) is 5.13 Å². The summed E-state index contributed by atoms with van der Waals surface area (Å²) in [5.74, 6) is 0. The van der Waals surface area contributed by atoms with Gasteiger partial charge in [0.05, 0.1) is 10.2 Å². The van der Waals surface area contributed by atoms with Crippen molar-refractivity contribution < 1.29 is 4.74 Å². The largest absolute Gasteiger partial charge is 0.381 e. The zero-order chi connectivity index (χ0) is 10.8. The van der Waals surface area contributed by atoms with Gasteiger partial charge >= 0.3 is 0 Å². The Morgan fingerprint density at radius 3 is 2.88 bits per heavy atom. The van der Waals surface area contributed by atoms with Crippen LogP contribution in [0.1, 0.15) is 12.8 Å². The van der Waals surface area contributed by atoms with E-state index >= 15 is 0 Å². The Kier molecular flexibility index (Phi) is 2.76. The predicted molar refractivity (Wildman–Crippen MR) is 67.1 cm³/mol. The number of para-hydroxylation sites is 1. The topological polar surface area (TPSA) is 34.1 Å². The first-order valence-electron chi connectivity index (χ1n) is 5.62. The Hall–Kier alpha value is -1.13. The van der Waals surface area contributed by atoms with Gasteiger partial charge < -0.3 is 10.1 Å². The molecule has 2 heterocycles. The maximum Gasteiger partial charge on any atom is 0.184 e. The molecule has 2 aromatic rings. The fraction of sp³-hybridized carbons (Fsp3) is 0.417. The number of ether oxygens (including phenoxy) is 1. The van der Waals surface area contributed by atoms with Crippen molar-refractivity contribution in [3.63, 3.8) is 0 Å². The van der Waals surface area contributed by atoms with Crippen LogP contribution in [0, 0.1) is 0 Å². The first kappa shape index (κ1) is 10.1. The minimum atomic E-state index is 0.523. The molecule has 1 saturated heterocycles. The van der Waals surface area contributed by atoms with Crippen LogP contribution in [0.2, 0.25) is 0 Å². The molecule has 1 aromatic heterocycles. The van der Waals surface area contributed by atoms with Gasteiger partial charge in [-0.1, -0.05) is 23.5 Å². The molecule has 84 valence electrons. The molecular formula is C12H14N2OS. The van der Waals surface area contributed by atoms with Crippen molar-refractivity contribution in [2.75, 3.05) is 18.5 Å². The molecule has 0 atom stereocenters. The molecule has 0 amide bonds. The molecule has 0 aliphatic carbocycles. The fourth-order valence-electron chi connectivity index (χ4n) is 1.95. The second-order valence-corrected chi connectivity index (χ2v) is 5.05. The minimum Gasteiger partial charge on any atom is -0.381 e. The average Bonchev–Trinajstić information content (AvgIpc) is 2.72. The highest BCUT2D eigenvalue weighted by atomic mass is 32.1. The highest BCUT2D eigenvalue weighted by molar-refractivity contribution is 7.22. The van der Waals surface area contributed by atoms with Crippen molar-refractivity contribution in [3.05, 3.63) is 24.3 Å². The summed E-state index contributed by atoms with van der Waals surface area (Å²) in [5.41, 5.74) is 1.09. The number of thiazole rings is 1. The normalized spacial score (nSPS) is 17.8. The van der Waals surface area contributed by atoms with Crippen LogP contribution in [-0.4, -0.2) is 24.2 Å². The number of rotatable bonds is 2. The number of anilines is 1. The van der Waals surface area contributed by atoms with Gasteiger partial charge in [0.2, 0.25) is 0 Å². The van der Waals surface area contributed by atoms with Gasteiger partial charge in [0.1, 0.15) is 0 Å². The first-order valence-corrected chi connectivity index (χ1v) is 6.43. The molecule has 0 unspecified atom stereocenters. The van der Waals surface area contributed by atoms with E-state index in [0.717, 1.165) is 36.7 Å². The summed E-state index contributed by atoms with van der Waals surface area (Å²) in [4.78, 5) is 4.57. The molecule has 1 aromatic carbocycles. The molecule has 0 bridgehead atoms. The molecule has 0 radical (unpaired) electrons. The highest BCUT2D eigenvalue weighted by Crippen LogP contribution is 2.26. The summed E-state index contributed by atoms with van der Waals surface area (Å²) in [6, 6.07) is 8.77. The van der Waals surface area contributed by atoms with E-state index in [0.29, 0.717) is 6.04 Å². The zero-order valence-electron chi connectivity index (χ0n) is 8.98. The van der Waals surface area contributed by atoms with E-state index in [-0.39, 0.29) is 0 Å². The number of nitrogens with one attached hydrogen (secondary N) is 1. The van der Waals surface area contributed by atoms with Crippen LogP contribution in [0.3, 0.4) is 0 Å². The molecular weight excluding hydrogens is 220 g/mol. The van der Waals surface area contributed by atoms with E-state index in [9.17, 15) is 0 Å². The summed E-state index contributed by atoms with van der Waals surface area (Å²) in [5, 5.41) is 4.53. The van der Waals surface area contributed by atoms with E-state index in [1.807, 2.05) is 6.07 Å². The van der Waals surface area contributed by atoms with Gasteiger partial charge in [-0.2, -0.15) is 0 Å². The summed E-state index contributed by atoms with van der Waals surface area (Å²) < 4.78 is 6.59. The second-order valence-electron chi connectivity index (χ2n) is 4.02. The summed E-state index contributed by atoms with van der Waals surface area (Å²) in [6.45, 7) is 1.73. The van der Waals surface area contributed by atoms with Crippen molar-refractivity contribution in [3.8, 4) is 0 Å². The third-order valence-electron chi connectivity index (χ3n) is 2.84. The minimum absolute atomic E-state index is 0.523. The number of hydrogen-bond donors (Lipinski definition) is 1. The molecule has 1 aliphatic heterocycles. The Balaban J connectivity index is 1.78. The summed E-state index contributed by atoms with van der Waals surface area (Å²) in [6.07, 6.45) is 2.16. The van der Waals surface area contributed by atoms with E-state index in [1.54, 1.807) is 11.3 Å². The Bertz CT molecular complexity index is 444. The van der Waals surface area contributed by atoms with Crippen molar-refractivity contribution in [2.24, 2.45) is 0 Å². The van der Waals surface area contributed by atoms with Crippen LogP contribution in [0.5, 0.6) is 0 Å². The number of hydrogen-bond acceptors (Lipinski definition) is 4. The van der Waals surface area contributed by atoms with Crippen LogP contribution in [-0.2, 0) is 4.74 Å². The molecule has 0 spiro atoms. The Morgan fingerprint density at radius 2 is 2.06 bits per heavy atom. The fourth-order valence-corrected chi connectivity index (χ4v) is 2.89. The summed E-state index contributed by atoms with van der Waals surface area (Å²) >= 11 is 1.73. The lowest BCUT2D eigenvalue weighted by Crippen LogP contribution is -2.27. The maximum atomic E-state index is 5.34. The molecule has 16 heavy (non-hydrogen) atoms. The average molecular weight is 234 g/mol. The molecule has 3 nitrogen and oxygen atoms in total. The van der Waals surface area contributed by atoms with Gasteiger partial charge in [0, 0.05) is 19.3 Å². The molecule has 3 rings (SSSR count). The molecule has 1 N–H and O–H groups in total. The first-order chi connectivity index (χ1) is 7.92. The smallest absolute Gasteiger partial charge is 0.184 e. The Morgan fingerprint density at radius 1 is 1.25 bits per heavy atom. The van der Waals surface area contributed by atoms with Crippen molar-refractivity contribution in [2.45, 2.75) is 18.9 Å². The third-order valence-corrected chi connectivity index (χ3v) is 3.81. The van der Waals surface area contributed by atoms with Crippen LogP contribution in [0.15, 0.2) is 24.3 Å². The summed E-state index contributed by atoms with van der Waals surface area (Å²) in [7, 11) is 0. The number of nitrogens with zero attached hydrogens (tertiary/aromatic N) is 1. The third kappa shape index (κ3) is 2.03. The van der Waals surface area contributed by atoms with Gasteiger partial charge in [-0.25, -0.2) is 4.98 Å². The van der Waals surface area contributed by atoms with Crippen molar-refractivity contribution in [1.82, 2.24) is 4.98 Å². The standard InChI is InChI=1S/C12H14N2OS/c1-2-4-11-10(3-1)14-12(16-11)13-9-5-7-15-8-6-9/h1-4,9H,5-8H2,(H,13,14). The van der Waals surface area contributed by atoms with E-state index in [1.165, 1.54) is 4.70 Å². The number of aromatic nitrogens is 1. The monoisotopic (exact) mass is 234 g/mol. The molecule has 1 aliphatic rings. The van der Waals surface area contributed by atoms with Crippen molar-refractivity contribution in [1.29, 1.82) is 0 Å². The lowest BCUT2D eigenvalue weighted by Gasteiger charge is -2.22. The van der Waals surface area contributed by atoms with Gasteiger partial charge in [-0.05, 0) is 25.0 Å². The van der Waals surface area contributed by atoms with E-state index in [2.05, 4.69) is 28.5 Å². The SMILES string of the molecule is c1ccc2sc(NC3CCOCC3)nc2c1. The van der Waals surface area contributed by atoms with Gasteiger partial charge in [0.25, 0.3) is 0 Å². The lowest BCUT2D eigenvalue weighted by atomic mass is 10.1. The number of benzene rings is 1. The second kappa shape index (κ2) is 4.39. The lowest BCUT2D eigenvalue weighted by molar-refractivity contribution is 0.0904.